The van der Waals surface area contributed by atoms with Gasteiger partial charge in [-0.05, 0) is 37.6 Å². The lowest BCUT2D eigenvalue weighted by Gasteiger charge is -2.10. The Kier molecular flexibility index (Phi) is 6.07. The van der Waals surface area contributed by atoms with E-state index >= 15 is 0 Å². The van der Waals surface area contributed by atoms with E-state index in [0.29, 0.717) is 28.2 Å². The van der Waals surface area contributed by atoms with Crippen molar-refractivity contribution in [3.05, 3.63) is 52.1 Å². The molecule has 0 saturated carbocycles. The van der Waals surface area contributed by atoms with Crippen LogP contribution in [0.15, 0.2) is 36.5 Å². The van der Waals surface area contributed by atoms with Gasteiger partial charge < -0.3 is 15.4 Å². The van der Waals surface area contributed by atoms with Gasteiger partial charge in [-0.1, -0.05) is 29.3 Å². The Balaban J connectivity index is 1.88. The predicted molar refractivity (Wildman–Crippen MR) is 92.3 cm³/mol. The number of pyridine rings is 1. The highest BCUT2D eigenvalue weighted by Crippen LogP contribution is 2.25. The number of carbonyl (C=O) groups is 1. The Morgan fingerprint density at radius 2 is 2.04 bits per heavy atom. The van der Waals surface area contributed by atoms with Crippen LogP contribution in [-0.4, -0.2) is 17.1 Å². The van der Waals surface area contributed by atoms with Crippen molar-refractivity contribution in [3.63, 3.8) is 0 Å². The molecule has 0 aliphatic heterocycles. The zero-order chi connectivity index (χ0) is 16.8. The SMILES string of the molecule is CC(C)Oc1ccc(CNC(=O)Nc2cc(Cl)ccc2Cl)cn1. The molecule has 7 heteroatoms. The molecular formula is C16H17Cl2N3O2. The van der Waals surface area contributed by atoms with Crippen LogP contribution in [0, 0.1) is 0 Å². The number of nitrogens with one attached hydrogen (secondary N) is 2. The molecule has 122 valence electrons. The molecule has 0 saturated heterocycles. The first-order valence-electron chi connectivity index (χ1n) is 7.05. The van der Waals surface area contributed by atoms with Gasteiger partial charge in [-0.3, -0.25) is 0 Å². The van der Waals surface area contributed by atoms with E-state index in [2.05, 4.69) is 15.6 Å². The van der Waals surface area contributed by atoms with Gasteiger partial charge in [-0.15, -0.1) is 0 Å². The zero-order valence-electron chi connectivity index (χ0n) is 12.8. The van der Waals surface area contributed by atoms with Crippen LogP contribution in [0.1, 0.15) is 19.4 Å². The lowest BCUT2D eigenvalue weighted by molar-refractivity contribution is 0.232. The molecule has 0 unspecified atom stereocenters. The van der Waals surface area contributed by atoms with Gasteiger partial charge in [0.25, 0.3) is 0 Å². The van der Waals surface area contributed by atoms with Crippen molar-refractivity contribution in [3.8, 4) is 5.88 Å². The van der Waals surface area contributed by atoms with Gasteiger partial charge in [0, 0.05) is 23.8 Å². The highest BCUT2D eigenvalue weighted by atomic mass is 35.5. The largest absolute Gasteiger partial charge is 0.475 e. The van der Waals surface area contributed by atoms with Crippen molar-refractivity contribution < 1.29 is 9.53 Å². The molecule has 0 atom stereocenters. The topological polar surface area (TPSA) is 63.2 Å². The van der Waals surface area contributed by atoms with Crippen molar-refractivity contribution in [2.75, 3.05) is 5.32 Å². The fourth-order valence-corrected chi connectivity index (χ4v) is 2.11. The third kappa shape index (κ3) is 5.62. The van der Waals surface area contributed by atoms with Crippen molar-refractivity contribution in [1.82, 2.24) is 10.3 Å². The molecule has 2 rings (SSSR count). The predicted octanol–water partition coefficient (Wildman–Crippen LogP) is 4.50. The molecular weight excluding hydrogens is 337 g/mol. The first-order valence-corrected chi connectivity index (χ1v) is 7.81. The molecule has 1 aromatic heterocycles. The molecule has 0 radical (unpaired) electrons. The number of nitrogens with zero attached hydrogens (tertiary/aromatic N) is 1. The van der Waals surface area contributed by atoms with Crippen LogP contribution in [0.4, 0.5) is 10.5 Å². The number of hydrogen-bond acceptors (Lipinski definition) is 3. The maximum Gasteiger partial charge on any atom is 0.319 e. The zero-order valence-corrected chi connectivity index (χ0v) is 14.3. The summed E-state index contributed by atoms with van der Waals surface area (Å²) < 4.78 is 5.46. The summed E-state index contributed by atoms with van der Waals surface area (Å²) in [5.41, 5.74) is 1.31. The van der Waals surface area contributed by atoms with E-state index in [1.54, 1.807) is 30.5 Å². The van der Waals surface area contributed by atoms with Crippen LogP contribution >= 0.6 is 23.2 Å². The summed E-state index contributed by atoms with van der Waals surface area (Å²) in [6, 6.07) is 8.09. The van der Waals surface area contributed by atoms with E-state index in [-0.39, 0.29) is 12.1 Å². The summed E-state index contributed by atoms with van der Waals surface area (Å²) in [5, 5.41) is 6.28. The number of hydrogen-bond donors (Lipinski definition) is 2. The minimum Gasteiger partial charge on any atom is -0.475 e. The smallest absolute Gasteiger partial charge is 0.319 e. The van der Waals surface area contributed by atoms with Crippen molar-refractivity contribution >= 4 is 34.9 Å². The number of aromatic nitrogens is 1. The quantitative estimate of drug-likeness (QED) is 0.831. The fourth-order valence-electron chi connectivity index (χ4n) is 1.77. The van der Waals surface area contributed by atoms with Crippen molar-refractivity contribution in [1.29, 1.82) is 0 Å². The molecule has 2 aromatic rings. The lowest BCUT2D eigenvalue weighted by Crippen LogP contribution is -2.28. The normalized spacial score (nSPS) is 10.5. The number of ether oxygens (including phenoxy) is 1. The van der Waals surface area contributed by atoms with Gasteiger partial charge in [0.05, 0.1) is 16.8 Å². The summed E-state index contributed by atoms with van der Waals surface area (Å²) in [6.45, 7) is 4.20. The number of benzene rings is 1. The average molecular weight is 354 g/mol. The monoisotopic (exact) mass is 353 g/mol. The summed E-state index contributed by atoms with van der Waals surface area (Å²) in [4.78, 5) is 16.1. The van der Waals surface area contributed by atoms with Crippen LogP contribution in [0.25, 0.3) is 0 Å². The van der Waals surface area contributed by atoms with Gasteiger partial charge in [0.2, 0.25) is 5.88 Å². The van der Waals surface area contributed by atoms with E-state index in [4.69, 9.17) is 27.9 Å². The average Bonchev–Trinajstić information content (AvgIpc) is 2.50. The highest BCUT2D eigenvalue weighted by Gasteiger charge is 2.07. The van der Waals surface area contributed by atoms with Crippen LogP contribution in [0.2, 0.25) is 10.0 Å². The van der Waals surface area contributed by atoms with E-state index < -0.39 is 0 Å². The van der Waals surface area contributed by atoms with Gasteiger partial charge in [0.15, 0.2) is 0 Å². The number of carbonyl (C=O) groups excluding carboxylic acids is 1. The molecule has 0 bridgehead atoms. The van der Waals surface area contributed by atoms with E-state index in [1.165, 1.54) is 0 Å². The molecule has 23 heavy (non-hydrogen) atoms. The van der Waals surface area contributed by atoms with Crippen LogP contribution < -0.4 is 15.4 Å². The van der Waals surface area contributed by atoms with Gasteiger partial charge >= 0.3 is 6.03 Å². The summed E-state index contributed by atoms with van der Waals surface area (Å²) in [6.07, 6.45) is 1.73. The minimum atomic E-state index is -0.378. The van der Waals surface area contributed by atoms with Crippen LogP contribution in [0.5, 0.6) is 5.88 Å². The number of anilines is 1. The molecule has 2 N–H and O–H groups in total. The summed E-state index contributed by atoms with van der Waals surface area (Å²) in [7, 11) is 0. The Labute approximate surface area is 145 Å². The second-order valence-electron chi connectivity index (χ2n) is 5.10. The second kappa shape index (κ2) is 8.04. The highest BCUT2D eigenvalue weighted by molar-refractivity contribution is 6.35. The third-order valence-corrected chi connectivity index (χ3v) is 3.35. The number of amides is 2. The second-order valence-corrected chi connectivity index (χ2v) is 5.95. The van der Waals surface area contributed by atoms with Gasteiger partial charge in [-0.2, -0.15) is 0 Å². The Hall–Kier alpha value is -1.98. The first kappa shape index (κ1) is 17.4. The van der Waals surface area contributed by atoms with Crippen LogP contribution in [-0.2, 0) is 6.54 Å². The molecule has 5 nitrogen and oxygen atoms in total. The van der Waals surface area contributed by atoms with Gasteiger partial charge in [0.1, 0.15) is 0 Å². The molecule has 0 fully saturated rings. The Morgan fingerprint density at radius 1 is 1.26 bits per heavy atom. The molecule has 2 amide bonds. The van der Waals surface area contributed by atoms with Gasteiger partial charge in [-0.25, -0.2) is 9.78 Å². The number of urea groups is 1. The fraction of sp³-hybridized carbons (Fsp3) is 0.250. The minimum absolute atomic E-state index is 0.0692. The van der Waals surface area contributed by atoms with E-state index in [9.17, 15) is 4.79 Å². The maximum atomic E-state index is 11.9. The molecule has 1 aromatic carbocycles. The van der Waals surface area contributed by atoms with E-state index in [0.717, 1.165) is 5.56 Å². The molecule has 0 spiro atoms. The maximum absolute atomic E-state index is 11.9. The lowest BCUT2D eigenvalue weighted by atomic mass is 10.3. The number of rotatable bonds is 5. The Morgan fingerprint density at radius 3 is 2.70 bits per heavy atom. The summed E-state index contributed by atoms with van der Waals surface area (Å²) >= 11 is 11.9. The standard InChI is InChI=1S/C16H17Cl2N3O2/c1-10(2)23-15-6-3-11(8-19-15)9-20-16(22)21-14-7-12(17)4-5-13(14)18/h3-8,10H,9H2,1-2H3,(H2,20,21,22). The molecule has 0 aliphatic rings. The Bertz CT molecular complexity index is 676. The summed E-state index contributed by atoms with van der Waals surface area (Å²) in [5.74, 6) is 0.555. The third-order valence-electron chi connectivity index (χ3n) is 2.78. The van der Waals surface area contributed by atoms with Crippen molar-refractivity contribution in [2.45, 2.75) is 26.5 Å². The van der Waals surface area contributed by atoms with Crippen LogP contribution in [0.3, 0.4) is 0 Å². The van der Waals surface area contributed by atoms with E-state index in [1.807, 2.05) is 19.9 Å². The first-order chi connectivity index (χ1) is 10.9. The molecule has 0 aliphatic carbocycles. The van der Waals surface area contributed by atoms with Crippen molar-refractivity contribution in [2.24, 2.45) is 0 Å². The molecule has 1 heterocycles. The number of halogens is 2.